The second-order valence-electron chi connectivity index (χ2n) is 9.24. The van der Waals surface area contributed by atoms with Crippen LogP contribution >= 0.6 is 12.4 Å². The van der Waals surface area contributed by atoms with E-state index in [-0.39, 0.29) is 24.2 Å². The van der Waals surface area contributed by atoms with E-state index < -0.39 is 10.0 Å². The molecule has 0 radical (unpaired) electrons. The van der Waals surface area contributed by atoms with Crippen molar-refractivity contribution < 1.29 is 13.2 Å². The van der Waals surface area contributed by atoms with Gasteiger partial charge in [0.25, 0.3) is 0 Å². The van der Waals surface area contributed by atoms with E-state index in [0.29, 0.717) is 40.1 Å². The van der Waals surface area contributed by atoms with Crippen molar-refractivity contribution in [2.45, 2.75) is 31.6 Å². The van der Waals surface area contributed by atoms with Crippen molar-refractivity contribution in [3.8, 4) is 22.9 Å². The summed E-state index contributed by atoms with van der Waals surface area (Å²) in [7, 11) is -3.61. The molecule has 1 aliphatic heterocycles. The van der Waals surface area contributed by atoms with Crippen molar-refractivity contribution in [2.24, 2.45) is 0 Å². The SMILES string of the molecule is Cc1ccc(NS(=O)(=O)Cc2ccccc2)cc1Oc1ncccc1-c1ccnc(NC2CCCNC2)n1.Cl. The summed E-state index contributed by atoms with van der Waals surface area (Å²) in [6.45, 7) is 3.80. The molecule has 39 heavy (non-hydrogen) atoms. The first-order chi connectivity index (χ1) is 18.4. The zero-order chi connectivity index (χ0) is 26.4. The first-order valence-corrected chi connectivity index (χ1v) is 14.2. The average Bonchev–Trinajstić information content (AvgIpc) is 2.92. The molecule has 5 rings (SSSR count). The summed E-state index contributed by atoms with van der Waals surface area (Å²) < 4.78 is 34.4. The molecule has 9 nitrogen and oxygen atoms in total. The fourth-order valence-electron chi connectivity index (χ4n) is 4.29. The number of benzene rings is 2. The van der Waals surface area contributed by atoms with Gasteiger partial charge in [0, 0.05) is 31.0 Å². The van der Waals surface area contributed by atoms with Crippen LogP contribution in [0.2, 0.25) is 0 Å². The van der Waals surface area contributed by atoms with Crippen molar-refractivity contribution >= 4 is 34.1 Å². The van der Waals surface area contributed by atoms with E-state index >= 15 is 0 Å². The quantitative estimate of drug-likeness (QED) is 0.254. The molecule has 0 spiro atoms. The number of sulfonamides is 1. The molecule has 2 aromatic heterocycles. The molecule has 3 N–H and O–H groups in total. The van der Waals surface area contributed by atoms with Gasteiger partial charge in [0.05, 0.1) is 22.7 Å². The topological polar surface area (TPSA) is 118 Å². The van der Waals surface area contributed by atoms with Crippen LogP contribution < -0.4 is 20.1 Å². The Morgan fingerprint density at radius 1 is 1.03 bits per heavy atom. The second-order valence-corrected chi connectivity index (χ2v) is 11.0. The minimum atomic E-state index is -3.61. The highest BCUT2D eigenvalue weighted by molar-refractivity contribution is 7.91. The summed E-state index contributed by atoms with van der Waals surface area (Å²) in [6.07, 6.45) is 5.53. The summed E-state index contributed by atoms with van der Waals surface area (Å²) in [6, 6.07) is 20.0. The molecule has 1 unspecified atom stereocenters. The van der Waals surface area contributed by atoms with Gasteiger partial charge >= 0.3 is 0 Å². The van der Waals surface area contributed by atoms with Gasteiger partial charge in [0.2, 0.25) is 21.9 Å². The lowest BCUT2D eigenvalue weighted by Crippen LogP contribution is -2.38. The molecule has 1 aliphatic rings. The number of nitrogens with zero attached hydrogens (tertiary/aromatic N) is 3. The summed E-state index contributed by atoms with van der Waals surface area (Å²) in [4.78, 5) is 13.5. The Balaban J connectivity index is 0.00000353. The third kappa shape index (κ3) is 7.66. The van der Waals surface area contributed by atoms with E-state index in [4.69, 9.17) is 9.72 Å². The maximum absolute atomic E-state index is 12.7. The first kappa shape index (κ1) is 28.3. The van der Waals surface area contributed by atoms with Gasteiger partial charge in [0.1, 0.15) is 5.75 Å². The van der Waals surface area contributed by atoms with Crippen molar-refractivity contribution in [1.29, 1.82) is 0 Å². The molecule has 11 heteroatoms. The van der Waals surface area contributed by atoms with Gasteiger partial charge in [-0.25, -0.2) is 23.4 Å². The minimum Gasteiger partial charge on any atom is -0.438 e. The number of ether oxygens (including phenoxy) is 1. The highest BCUT2D eigenvalue weighted by Crippen LogP contribution is 2.33. The van der Waals surface area contributed by atoms with Gasteiger partial charge in [-0.05, 0) is 61.7 Å². The number of pyridine rings is 1. The number of halogens is 1. The van der Waals surface area contributed by atoms with E-state index in [1.165, 1.54) is 0 Å². The third-order valence-corrected chi connectivity index (χ3v) is 7.46. The molecule has 2 aromatic carbocycles. The van der Waals surface area contributed by atoms with Crippen LogP contribution in [-0.2, 0) is 15.8 Å². The van der Waals surface area contributed by atoms with Gasteiger partial charge in [-0.1, -0.05) is 36.4 Å². The summed E-state index contributed by atoms with van der Waals surface area (Å²) in [5.41, 5.74) is 3.33. The Morgan fingerprint density at radius 3 is 2.67 bits per heavy atom. The number of aromatic nitrogens is 3. The van der Waals surface area contributed by atoms with Crippen molar-refractivity contribution in [2.75, 3.05) is 23.1 Å². The molecule has 4 aromatic rings. The number of rotatable bonds is 9. The zero-order valence-electron chi connectivity index (χ0n) is 21.5. The van der Waals surface area contributed by atoms with Gasteiger partial charge in [-0.2, -0.15) is 0 Å². The fraction of sp³-hybridized carbons (Fsp3) is 0.250. The zero-order valence-corrected chi connectivity index (χ0v) is 23.1. The number of hydrogen-bond acceptors (Lipinski definition) is 8. The van der Waals surface area contributed by atoms with Crippen LogP contribution in [0.15, 0.2) is 79.1 Å². The largest absolute Gasteiger partial charge is 0.438 e. The first-order valence-electron chi connectivity index (χ1n) is 12.5. The molecular weight excluding hydrogens is 536 g/mol. The van der Waals surface area contributed by atoms with Crippen molar-refractivity contribution in [1.82, 2.24) is 20.3 Å². The Hall–Kier alpha value is -3.73. The summed E-state index contributed by atoms with van der Waals surface area (Å²) >= 11 is 0. The maximum Gasteiger partial charge on any atom is 0.236 e. The molecule has 0 bridgehead atoms. The van der Waals surface area contributed by atoms with Crippen LogP contribution in [0.3, 0.4) is 0 Å². The molecule has 0 aliphatic carbocycles. The number of hydrogen-bond donors (Lipinski definition) is 3. The Labute approximate surface area is 234 Å². The molecule has 0 amide bonds. The Morgan fingerprint density at radius 2 is 1.87 bits per heavy atom. The lowest BCUT2D eigenvalue weighted by Gasteiger charge is -2.23. The standard InChI is InChI=1S/C28H30N6O3S.ClH/c1-20-11-12-22(34-38(35,36)19-21-7-3-2-4-8-21)17-26(20)37-27-24(10-6-15-30-27)25-13-16-31-28(33-25)32-23-9-5-14-29-18-23;/h2-4,6-8,10-13,15-17,23,29,34H,5,9,14,18-19H2,1H3,(H,31,32,33);1H. The van der Waals surface area contributed by atoms with E-state index in [2.05, 4.69) is 25.3 Å². The second kappa shape index (κ2) is 12.9. The molecular formula is C28H31ClN6O3S. The minimum absolute atomic E-state index is 0. The molecule has 204 valence electrons. The maximum atomic E-state index is 12.7. The Kier molecular flexibility index (Phi) is 9.34. The third-order valence-electron chi connectivity index (χ3n) is 6.20. The van der Waals surface area contributed by atoms with Crippen LogP contribution in [0.4, 0.5) is 11.6 Å². The normalized spacial score (nSPS) is 15.2. The van der Waals surface area contributed by atoms with Crippen LogP contribution in [0.5, 0.6) is 11.6 Å². The number of anilines is 2. The molecule has 3 heterocycles. The average molecular weight is 567 g/mol. The lowest BCUT2D eigenvalue weighted by molar-refractivity contribution is 0.461. The summed E-state index contributed by atoms with van der Waals surface area (Å²) in [5, 5.41) is 6.79. The van der Waals surface area contributed by atoms with Crippen molar-refractivity contribution in [3.05, 3.63) is 90.3 Å². The molecule has 1 fully saturated rings. The lowest BCUT2D eigenvalue weighted by atomic mass is 10.1. The number of aryl methyl sites for hydroxylation is 1. The predicted molar refractivity (Wildman–Crippen MR) is 156 cm³/mol. The molecule has 1 saturated heterocycles. The van der Waals surface area contributed by atoms with Crippen LogP contribution in [0, 0.1) is 6.92 Å². The van der Waals surface area contributed by atoms with E-state index in [1.807, 2.05) is 49.4 Å². The molecule has 0 saturated carbocycles. The highest BCUT2D eigenvalue weighted by Gasteiger charge is 2.17. The van der Waals surface area contributed by atoms with Crippen LogP contribution in [0.25, 0.3) is 11.3 Å². The monoisotopic (exact) mass is 566 g/mol. The van der Waals surface area contributed by atoms with Gasteiger partial charge in [-0.15, -0.1) is 12.4 Å². The van der Waals surface area contributed by atoms with E-state index in [1.54, 1.807) is 36.7 Å². The number of nitrogens with one attached hydrogen (secondary N) is 3. The van der Waals surface area contributed by atoms with E-state index in [9.17, 15) is 8.42 Å². The highest BCUT2D eigenvalue weighted by atomic mass is 35.5. The van der Waals surface area contributed by atoms with Crippen LogP contribution in [-0.4, -0.2) is 42.5 Å². The number of piperidine rings is 1. The Bertz CT molecular complexity index is 1500. The van der Waals surface area contributed by atoms with Gasteiger partial charge < -0.3 is 15.4 Å². The van der Waals surface area contributed by atoms with Crippen molar-refractivity contribution in [3.63, 3.8) is 0 Å². The summed E-state index contributed by atoms with van der Waals surface area (Å²) in [5.74, 6) is 1.29. The smallest absolute Gasteiger partial charge is 0.236 e. The predicted octanol–water partition coefficient (Wildman–Crippen LogP) is 5.17. The van der Waals surface area contributed by atoms with Crippen LogP contribution in [0.1, 0.15) is 24.0 Å². The molecule has 1 atom stereocenters. The van der Waals surface area contributed by atoms with Gasteiger partial charge in [0.15, 0.2) is 0 Å². The fourth-order valence-corrected chi connectivity index (χ4v) is 5.48. The van der Waals surface area contributed by atoms with Gasteiger partial charge in [-0.3, -0.25) is 4.72 Å². The van der Waals surface area contributed by atoms with E-state index in [0.717, 1.165) is 31.5 Å².